The number of carbonyl (C=O) groups is 3. The molecule has 0 spiro atoms. The third kappa shape index (κ3) is 4.61. The molecule has 2 amide bonds. The Labute approximate surface area is 122 Å². The minimum Gasteiger partial charge on any atom is -0.480 e. The highest BCUT2D eigenvalue weighted by molar-refractivity contribution is 9.10. The molecule has 6 nitrogen and oxygen atoms in total. The summed E-state index contributed by atoms with van der Waals surface area (Å²) < 4.78 is 14.0. The summed E-state index contributed by atoms with van der Waals surface area (Å²) in [6, 6.07) is 2.41. The average Bonchev–Trinajstić information content (AvgIpc) is 2.36. The minimum atomic E-state index is -1.32. The zero-order valence-electron chi connectivity index (χ0n) is 10.2. The lowest BCUT2D eigenvalue weighted by Crippen LogP contribution is -2.41. The average molecular weight is 347 g/mol. The smallest absolute Gasteiger partial charge is 0.326 e. The summed E-state index contributed by atoms with van der Waals surface area (Å²) in [5, 5.41) is 11.1. The van der Waals surface area contributed by atoms with Crippen LogP contribution in [-0.2, 0) is 9.59 Å². The molecule has 1 aromatic rings. The van der Waals surface area contributed by atoms with Gasteiger partial charge in [-0.25, -0.2) is 9.18 Å². The summed E-state index contributed by atoms with van der Waals surface area (Å²) in [4.78, 5) is 33.4. The summed E-state index contributed by atoms with van der Waals surface area (Å²) >= 11 is 3.09. The Bertz CT molecular complexity index is 550. The van der Waals surface area contributed by atoms with Gasteiger partial charge in [-0.05, 0) is 24.6 Å². The van der Waals surface area contributed by atoms with Crippen molar-refractivity contribution in [3.8, 4) is 0 Å². The Morgan fingerprint density at radius 1 is 1.40 bits per heavy atom. The predicted octanol–water partition coefficient (Wildman–Crippen LogP) is 1.04. The highest BCUT2D eigenvalue weighted by atomic mass is 79.9. The van der Waals surface area contributed by atoms with E-state index in [4.69, 9.17) is 10.8 Å². The number of benzene rings is 1. The first-order valence-corrected chi connectivity index (χ1v) is 6.37. The van der Waals surface area contributed by atoms with E-state index in [0.29, 0.717) is 4.47 Å². The molecule has 0 saturated heterocycles. The number of carboxylic acids is 1. The number of hydrogen-bond acceptors (Lipinski definition) is 3. The van der Waals surface area contributed by atoms with Gasteiger partial charge in [0, 0.05) is 10.9 Å². The van der Waals surface area contributed by atoms with Crippen molar-refractivity contribution < 1.29 is 23.9 Å². The van der Waals surface area contributed by atoms with Crippen LogP contribution in [0, 0.1) is 5.82 Å². The van der Waals surface area contributed by atoms with E-state index < -0.39 is 29.6 Å². The van der Waals surface area contributed by atoms with Crippen molar-refractivity contribution in [1.82, 2.24) is 5.32 Å². The van der Waals surface area contributed by atoms with E-state index in [2.05, 4.69) is 21.2 Å². The van der Waals surface area contributed by atoms with Crippen LogP contribution in [0.15, 0.2) is 22.7 Å². The van der Waals surface area contributed by atoms with Gasteiger partial charge in [0.15, 0.2) is 0 Å². The first-order chi connectivity index (χ1) is 9.31. The van der Waals surface area contributed by atoms with Gasteiger partial charge in [-0.1, -0.05) is 15.9 Å². The maximum atomic E-state index is 13.5. The molecule has 0 aliphatic rings. The number of carboxylic acid groups (broad SMARTS) is 1. The van der Waals surface area contributed by atoms with Gasteiger partial charge in [0.1, 0.15) is 11.9 Å². The largest absolute Gasteiger partial charge is 0.480 e. The van der Waals surface area contributed by atoms with Crippen molar-refractivity contribution in [3.63, 3.8) is 0 Å². The van der Waals surface area contributed by atoms with E-state index in [9.17, 15) is 18.8 Å². The van der Waals surface area contributed by atoms with Crippen LogP contribution in [0.1, 0.15) is 23.2 Å². The molecular formula is C12H12BrFN2O4. The molecule has 0 aliphatic carbocycles. The van der Waals surface area contributed by atoms with Gasteiger partial charge in [0.2, 0.25) is 5.91 Å². The molecule has 1 rings (SSSR count). The summed E-state index contributed by atoms with van der Waals surface area (Å²) in [5.41, 5.74) is 4.63. The fraction of sp³-hybridized carbons (Fsp3) is 0.250. The van der Waals surface area contributed by atoms with Crippen molar-refractivity contribution in [3.05, 3.63) is 34.1 Å². The Balaban J connectivity index is 2.82. The van der Waals surface area contributed by atoms with Crippen molar-refractivity contribution in [1.29, 1.82) is 0 Å². The topological polar surface area (TPSA) is 109 Å². The molecule has 0 radical (unpaired) electrons. The number of carbonyl (C=O) groups excluding carboxylic acids is 2. The van der Waals surface area contributed by atoms with Crippen molar-refractivity contribution in [2.45, 2.75) is 18.9 Å². The van der Waals surface area contributed by atoms with Crippen LogP contribution in [0.4, 0.5) is 4.39 Å². The SMILES string of the molecule is NC(=O)CC[C@@H](NC(=O)c1cc(Br)ccc1F)C(=O)O. The van der Waals surface area contributed by atoms with Crippen LogP contribution < -0.4 is 11.1 Å². The molecule has 1 aromatic carbocycles. The molecule has 0 aromatic heterocycles. The first-order valence-electron chi connectivity index (χ1n) is 5.58. The number of halogens is 2. The van der Waals surface area contributed by atoms with Gasteiger partial charge < -0.3 is 16.2 Å². The van der Waals surface area contributed by atoms with Crippen LogP contribution in [0.2, 0.25) is 0 Å². The lowest BCUT2D eigenvalue weighted by Gasteiger charge is -2.14. The van der Waals surface area contributed by atoms with Gasteiger partial charge >= 0.3 is 5.97 Å². The molecule has 0 unspecified atom stereocenters. The van der Waals surface area contributed by atoms with Crippen molar-refractivity contribution in [2.75, 3.05) is 0 Å². The van der Waals surface area contributed by atoms with E-state index in [1.807, 2.05) is 0 Å². The monoisotopic (exact) mass is 346 g/mol. The number of aliphatic carboxylic acids is 1. The number of nitrogens with one attached hydrogen (secondary N) is 1. The zero-order chi connectivity index (χ0) is 15.3. The number of hydrogen-bond donors (Lipinski definition) is 3. The highest BCUT2D eigenvalue weighted by Crippen LogP contribution is 2.15. The lowest BCUT2D eigenvalue weighted by molar-refractivity contribution is -0.139. The minimum absolute atomic E-state index is 0.161. The number of primary amides is 1. The molecule has 8 heteroatoms. The molecule has 108 valence electrons. The highest BCUT2D eigenvalue weighted by Gasteiger charge is 2.22. The van der Waals surface area contributed by atoms with E-state index >= 15 is 0 Å². The summed E-state index contributed by atoms with van der Waals surface area (Å²) in [5.74, 6) is -3.65. The van der Waals surface area contributed by atoms with E-state index in [1.54, 1.807) is 0 Å². The summed E-state index contributed by atoms with van der Waals surface area (Å²) in [7, 11) is 0. The first kappa shape index (κ1) is 16.1. The molecule has 0 aliphatic heterocycles. The number of amides is 2. The lowest BCUT2D eigenvalue weighted by atomic mass is 10.1. The summed E-state index contributed by atoms with van der Waals surface area (Å²) in [6.45, 7) is 0. The van der Waals surface area contributed by atoms with Gasteiger partial charge in [-0.3, -0.25) is 9.59 Å². The van der Waals surface area contributed by atoms with Gasteiger partial charge in [0.05, 0.1) is 5.56 Å². The number of rotatable bonds is 6. The van der Waals surface area contributed by atoms with E-state index in [0.717, 1.165) is 6.07 Å². The van der Waals surface area contributed by atoms with Gasteiger partial charge in [-0.15, -0.1) is 0 Å². The molecule has 0 heterocycles. The second-order valence-corrected chi connectivity index (χ2v) is 4.91. The van der Waals surface area contributed by atoms with Gasteiger partial charge in [0.25, 0.3) is 5.91 Å². The predicted molar refractivity (Wildman–Crippen MR) is 71.4 cm³/mol. The standard InChI is InChI=1S/C12H12BrFN2O4/c13-6-1-2-8(14)7(5-6)11(18)16-9(12(19)20)3-4-10(15)17/h1-2,5,9H,3-4H2,(H2,15,17)(H,16,18)(H,19,20)/t9-/m1/s1. The second kappa shape index (κ2) is 6.99. The molecule has 0 fully saturated rings. The fourth-order valence-electron chi connectivity index (χ4n) is 1.45. The van der Waals surface area contributed by atoms with E-state index in [1.165, 1.54) is 12.1 Å². The van der Waals surface area contributed by atoms with Crippen LogP contribution in [0.3, 0.4) is 0 Å². The Kier molecular flexibility index (Phi) is 5.63. The van der Waals surface area contributed by atoms with Crippen LogP contribution in [0.5, 0.6) is 0 Å². The molecule has 0 bridgehead atoms. The second-order valence-electron chi connectivity index (χ2n) is 3.99. The molecule has 20 heavy (non-hydrogen) atoms. The number of nitrogens with two attached hydrogens (primary N) is 1. The summed E-state index contributed by atoms with van der Waals surface area (Å²) in [6.07, 6.45) is -0.357. The molecule has 1 atom stereocenters. The van der Waals surface area contributed by atoms with Crippen LogP contribution >= 0.6 is 15.9 Å². The molecule has 4 N–H and O–H groups in total. The Morgan fingerprint density at radius 2 is 2.05 bits per heavy atom. The van der Waals surface area contributed by atoms with Crippen LogP contribution in [-0.4, -0.2) is 28.9 Å². The Hall–Kier alpha value is -1.96. The normalized spacial score (nSPS) is 11.7. The maximum absolute atomic E-state index is 13.5. The van der Waals surface area contributed by atoms with Gasteiger partial charge in [-0.2, -0.15) is 0 Å². The quantitative estimate of drug-likeness (QED) is 0.714. The zero-order valence-corrected chi connectivity index (χ0v) is 11.8. The maximum Gasteiger partial charge on any atom is 0.326 e. The fourth-order valence-corrected chi connectivity index (χ4v) is 1.81. The molecule has 0 saturated carbocycles. The molecular weight excluding hydrogens is 335 g/mol. The van der Waals surface area contributed by atoms with Crippen molar-refractivity contribution >= 4 is 33.7 Å². The van der Waals surface area contributed by atoms with Crippen LogP contribution in [0.25, 0.3) is 0 Å². The Morgan fingerprint density at radius 3 is 2.60 bits per heavy atom. The van der Waals surface area contributed by atoms with E-state index in [-0.39, 0.29) is 18.4 Å². The van der Waals surface area contributed by atoms with Crippen molar-refractivity contribution in [2.24, 2.45) is 5.73 Å². The third-order valence-corrected chi connectivity index (χ3v) is 2.95. The third-order valence-electron chi connectivity index (χ3n) is 2.46.